The highest BCUT2D eigenvalue weighted by atomic mass is 79.9. The zero-order valence-corrected chi connectivity index (χ0v) is 14.5. The molecule has 5 nitrogen and oxygen atoms in total. The number of benzene rings is 2. The summed E-state index contributed by atoms with van der Waals surface area (Å²) in [7, 11) is 0. The van der Waals surface area contributed by atoms with Gasteiger partial charge in [0.15, 0.2) is 17.3 Å². The summed E-state index contributed by atoms with van der Waals surface area (Å²) in [5.74, 6) is -1.42. The Bertz CT molecular complexity index is 740. The van der Waals surface area contributed by atoms with Gasteiger partial charge in [-0.15, -0.1) is 0 Å². The molecule has 0 amide bonds. The highest BCUT2D eigenvalue weighted by Crippen LogP contribution is 2.32. The predicted octanol–water partition coefficient (Wildman–Crippen LogP) is 3.48. The predicted molar refractivity (Wildman–Crippen MR) is 90.0 cm³/mol. The molecular formula is C18H14BrFO5. The van der Waals surface area contributed by atoms with E-state index < -0.39 is 35.5 Å². The zero-order valence-electron chi connectivity index (χ0n) is 12.9. The van der Waals surface area contributed by atoms with E-state index in [1.807, 2.05) is 0 Å². The van der Waals surface area contributed by atoms with Crippen LogP contribution in [0.2, 0.25) is 0 Å². The van der Waals surface area contributed by atoms with Crippen LogP contribution in [0, 0.1) is 0 Å². The fourth-order valence-electron chi connectivity index (χ4n) is 2.31. The second kappa shape index (κ2) is 7.76. The Balaban J connectivity index is 1.71. The van der Waals surface area contributed by atoms with Crippen LogP contribution in [0.25, 0.3) is 0 Å². The molecule has 1 fully saturated rings. The Morgan fingerprint density at radius 3 is 1.88 bits per heavy atom. The van der Waals surface area contributed by atoms with Crippen molar-refractivity contribution in [3.05, 3.63) is 71.8 Å². The molecular weight excluding hydrogens is 395 g/mol. The number of carbonyl (C=O) groups excluding carboxylic acids is 2. The van der Waals surface area contributed by atoms with Crippen LogP contribution in [0.5, 0.6) is 0 Å². The maximum Gasteiger partial charge on any atom is 0.340 e. The summed E-state index contributed by atoms with van der Waals surface area (Å²) in [6.45, 7) is 0. The molecule has 1 aliphatic rings. The average Bonchev–Trinajstić information content (AvgIpc) is 2.90. The molecule has 0 N–H and O–H groups in total. The first-order valence-electron chi connectivity index (χ1n) is 7.52. The number of ether oxygens (including phenoxy) is 3. The van der Waals surface area contributed by atoms with Gasteiger partial charge >= 0.3 is 11.9 Å². The summed E-state index contributed by atoms with van der Waals surface area (Å²) in [6.07, 6.45) is -4.40. The van der Waals surface area contributed by atoms with Crippen LogP contribution in [0.3, 0.4) is 0 Å². The first kappa shape index (κ1) is 17.6. The molecule has 2 aromatic carbocycles. The van der Waals surface area contributed by atoms with E-state index in [-0.39, 0.29) is 11.1 Å². The van der Waals surface area contributed by atoms with Crippen LogP contribution in [-0.2, 0) is 14.2 Å². The standard InChI is InChI=1S/C18H14BrFO5/c19-15-13(20)14(23-16(21)11-7-3-1-4-8-11)18(24-15)25-17(22)12-9-5-2-6-10-12/h1-10,13-15,18H/t13-,14-,15-,18-/m0/s1. The maximum atomic E-state index is 14.3. The number of esters is 2. The van der Waals surface area contributed by atoms with Crippen molar-refractivity contribution in [1.29, 1.82) is 0 Å². The molecule has 1 heterocycles. The van der Waals surface area contributed by atoms with Crippen molar-refractivity contribution in [2.24, 2.45) is 0 Å². The second-order valence-corrected chi connectivity index (χ2v) is 6.21. The van der Waals surface area contributed by atoms with Crippen molar-refractivity contribution >= 4 is 27.9 Å². The van der Waals surface area contributed by atoms with E-state index in [2.05, 4.69) is 15.9 Å². The number of alkyl halides is 2. The monoisotopic (exact) mass is 408 g/mol. The molecule has 0 spiro atoms. The lowest BCUT2D eigenvalue weighted by Gasteiger charge is -2.20. The highest BCUT2D eigenvalue weighted by Gasteiger charge is 2.49. The van der Waals surface area contributed by atoms with Gasteiger partial charge in [0.1, 0.15) is 0 Å². The Labute approximate surface area is 151 Å². The molecule has 0 saturated carbocycles. The smallest absolute Gasteiger partial charge is 0.340 e. The van der Waals surface area contributed by atoms with Gasteiger partial charge in [-0.2, -0.15) is 0 Å². The Kier molecular flexibility index (Phi) is 5.45. The highest BCUT2D eigenvalue weighted by molar-refractivity contribution is 9.09. The third kappa shape index (κ3) is 4.05. The molecule has 2 aromatic rings. The third-order valence-electron chi connectivity index (χ3n) is 3.58. The van der Waals surface area contributed by atoms with Gasteiger partial charge in [-0.05, 0) is 24.3 Å². The molecule has 0 bridgehead atoms. The first-order valence-corrected chi connectivity index (χ1v) is 8.43. The van der Waals surface area contributed by atoms with Crippen molar-refractivity contribution in [1.82, 2.24) is 0 Å². The van der Waals surface area contributed by atoms with Gasteiger partial charge in [-0.25, -0.2) is 14.0 Å². The van der Waals surface area contributed by atoms with Crippen LogP contribution in [-0.4, -0.2) is 35.5 Å². The van der Waals surface area contributed by atoms with E-state index in [4.69, 9.17) is 14.2 Å². The topological polar surface area (TPSA) is 61.8 Å². The minimum absolute atomic E-state index is 0.265. The van der Waals surface area contributed by atoms with Crippen molar-refractivity contribution in [2.45, 2.75) is 23.6 Å². The van der Waals surface area contributed by atoms with Gasteiger partial charge in [0.25, 0.3) is 0 Å². The van der Waals surface area contributed by atoms with Crippen LogP contribution < -0.4 is 0 Å². The van der Waals surface area contributed by atoms with E-state index in [0.717, 1.165) is 0 Å². The second-order valence-electron chi connectivity index (χ2n) is 5.31. The maximum absolute atomic E-state index is 14.3. The summed E-state index contributed by atoms with van der Waals surface area (Å²) < 4.78 is 29.9. The van der Waals surface area contributed by atoms with E-state index in [1.165, 1.54) is 0 Å². The van der Waals surface area contributed by atoms with E-state index in [0.29, 0.717) is 0 Å². The summed E-state index contributed by atoms with van der Waals surface area (Å²) in [6, 6.07) is 16.4. The van der Waals surface area contributed by atoms with Gasteiger partial charge in [0.05, 0.1) is 11.1 Å². The summed E-state index contributed by atoms with van der Waals surface area (Å²) >= 11 is 3.00. The minimum atomic E-state index is -1.68. The zero-order chi connectivity index (χ0) is 17.8. The van der Waals surface area contributed by atoms with Crippen molar-refractivity contribution < 1.29 is 28.2 Å². The van der Waals surface area contributed by atoms with Crippen LogP contribution in [0.1, 0.15) is 20.7 Å². The largest absolute Gasteiger partial charge is 0.449 e. The lowest BCUT2D eigenvalue weighted by molar-refractivity contribution is -0.126. The molecule has 0 aliphatic carbocycles. The van der Waals surface area contributed by atoms with Crippen LogP contribution in [0.4, 0.5) is 4.39 Å². The molecule has 0 aromatic heterocycles. The molecule has 25 heavy (non-hydrogen) atoms. The molecule has 130 valence electrons. The van der Waals surface area contributed by atoms with E-state index >= 15 is 0 Å². The fourth-order valence-corrected chi connectivity index (χ4v) is 2.82. The summed E-state index contributed by atoms with van der Waals surface area (Å²) in [4.78, 5) is 24.3. The SMILES string of the molecule is O=C(O[C@@H]1O[C@H](Br)[C@@H](F)[C@@H]1OC(=O)c1ccccc1)c1ccccc1. The quantitative estimate of drug-likeness (QED) is 0.572. The average molecular weight is 409 g/mol. The molecule has 0 unspecified atom stereocenters. The number of rotatable bonds is 4. The lowest BCUT2D eigenvalue weighted by Crippen LogP contribution is -2.36. The Morgan fingerprint density at radius 2 is 1.36 bits per heavy atom. The Hall–Kier alpha value is -2.25. The molecule has 0 radical (unpaired) electrons. The van der Waals surface area contributed by atoms with Gasteiger partial charge in [-0.1, -0.05) is 52.3 Å². The van der Waals surface area contributed by atoms with Crippen LogP contribution >= 0.6 is 15.9 Å². The van der Waals surface area contributed by atoms with Crippen LogP contribution in [0.15, 0.2) is 60.7 Å². The number of hydrogen-bond donors (Lipinski definition) is 0. The Morgan fingerprint density at radius 1 is 0.880 bits per heavy atom. The lowest BCUT2D eigenvalue weighted by atomic mass is 10.2. The third-order valence-corrected chi connectivity index (χ3v) is 4.30. The van der Waals surface area contributed by atoms with E-state index in [1.54, 1.807) is 60.7 Å². The summed E-state index contributed by atoms with van der Waals surface area (Å²) in [5, 5.41) is -1.05. The molecule has 3 rings (SSSR count). The van der Waals surface area contributed by atoms with Crippen molar-refractivity contribution in [3.63, 3.8) is 0 Å². The first-order chi connectivity index (χ1) is 12.1. The van der Waals surface area contributed by atoms with Gasteiger partial charge in [-0.3, -0.25) is 0 Å². The number of hydrogen-bond acceptors (Lipinski definition) is 5. The van der Waals surface area contributed by atoms with Crippen molar-refractivity contribution in [2.75, 3.05) is 0 Å². The molecule has 1 aliphatic heterocycles. The van der Waals surface area contributed by atoms with Gasteiger partial charge in [0, 0.05) is 0 Å². The normalized spacial score (nSPS) is 25.4. The van der Waals surface area contributed by atoms with Gasteiger partial charge < -0.3 is 14.2 Å². The molecule has 1 saturated heterocycles. The fraction of sp³-hybridized carbons (Fsp3) is 0.222. The van der Waals surface area contributed by atoms with Crippen molar-refractivity contribution in [3.8, 4) is 0 Å². The summed E-state index contributed by atoms with van der Waals surface area (Å²) in [5.41, 5.74) is 0.550. The van der Waals surface area contributed by atoms with E-state index in [9.17, 15) is 14.0 Å². The van der Waals surface area contributed by atoms with Gasteiger partial charge in [0.2, 0.25) is 6.29 Å². The molecule has 7 heteroatoms. The number of halogens is 2. The number of carbonyl (C=O) groups is 2. The minimum Gasteiger partial charge on any atom is -0.449 e. The molecule has 4 atom stereocenters.